The molecule has 1 nitrogen and oxygen atoms in total. The van der Waals surface area contributed by atoms with Gasteiger partial charge in [-0.25, -0.2) is 0 Å². The van der Waals surface area contributed by atoms with Crippen molar-refractivity contribution in [2.75, 3.05) is 13.2 Å². The van der Waals surface area contributed by atoms with Crippen molar-refractivity contribution in [1.82, 2.24) is 0 Å². The minimum absolute atomic E-state index is 0.0238. The largest absolute Gasteiger partial charge is 0.409 e. The molecule has 0 bridgehead atoms. The molecule has 0 fully saturated rings. The molecule has 0 amide bonds. The average Bonchev–Trinajstić information content (AvgIpc) is 1.78. The van der Waals surface area contributed by atoms with Gasteiger partial charge in [0, 0.05) is 12.7 Å². The van der Waals surface area contributed by atoms with Crippen LogP contribution in [0.4, 0.5) is 13.2 Å². The highest BCUT2D eigenvalue weighted by atomic mass is 19.4. The van der Waals surface area contributed by atoms with Gasteiger partial charge in [-0.15, -0.1) is 0 Å². The van der Waals surface area contributed by atoms with E-state index in [1.165, 1.54) is 0 Å². The molecule has 0 heterocycles. The van der Waals surface area contributed by atoms with Crippen molar-refractivity contribution in [1.29, 1.82) is 0 Å². The van der Waals surface area contributed by atoms with Gasteiger partial charge in [-0.2, -0.15) is 13.2 Å². The summed E-state index contributed by atoms with van der Waals surface area (Å²) in [7, 11) is 0. The number of alkyl halides is 3. The Kier molecular flexibility index (Phi) is 4.11. The van der Waals surface area contributed by atoms with Gasteiger partial charge in [-0.3, -0.25) is 0 Å². The van der Waals surface area contributed by atoms with E-state index < -0.39 is 6.18 Å². The highest BCUT2D eigenvalue weighted by Gasteiger charge is 2.21. The maximum atomic E-state index is 11.3. The minimum atomic E-state index is -4.21. The van der Waals surface area contributed by atoms with Crippen LogP contribution in [0.1, 0.15) is 6.92 Å². The van der Waals surface area contributed by atoms with Crippen molar-refractivity contribution in [3.05, 3.63) is 12.2 Å². The molecule has 0 unspecified atom stereocenters. The van der Waals surface area contributed by atoms with Gasteiger partial charge >= 0.3 is 6.18 Å². The van der Waals surface area contributed by atoms with Crippen LogP contribution in [-0.2, 0) is 4.74 Å². The van der Waals surface area contributed by atoms with Crippen LogP contribution in [0.2, 0.25) is 0 Å². The van der Waals surface area contributed by atoms with Crippen LogP contribution >= 0.6 is 0 Å². The molecule has 0 aromatic heterocycles. The average molecular weight is 154 g/mol. The lowest BCUT2D eigenvalue weighted by atomic mass is 10.5. The molecule has 0 N–H and O–H groups in total. The van der Waals surface area contributed by atoms with Gasteiger partial charge in [0.15, 0.2) is 0 Å². The standard InChI is InChI=1S/C6H9F3O/c1-2-10-5-3-4-6(7,8)9/h3-4H,2,5H2,1H3. The van der Waals surface area contributed by atoms with Crippen LogP contribution in [0.5, 0.6) is 0 Å². The van der Waals surface area contributed by atoms with E-state index in [-0.39, 0.29) is 12.7 Å². The smallest absolute Gasteiger partial charge is 0.378 e. The third kappa shape index (κ3) is 7.49. The second-order valence-corrected chi connectivity index (χ2v) is 1.60. The molecule has 0 atom stereocenters. The Labute approximate surface area is 57.5 Å². The van der Waals surface area contributed by atoms with E-state index in [4.69, 9.17) is 0 Å². The molecule has 10 heavy (non-hydrogen) atoms. The van der Waals surface area contributed by atoms with E-state index in [9.17, 15) is 13.2 Å². The second-order valence-electron chi connectivity index (χ2n) is 1.60. The van der Waals surface area contributed by atoms with E-state index in [0.29, 0.717) is 6.61 Å². The molecule has 0 radical (unpaired) electrons. The first-order chi connectivity index (χ1) is 4.56. The van der Waals surface area contributed by atoms with Crippen LogP contribution in [0, 0.1) is 0 Å². The van der Waals surface area contributed by atoms with Gasteiger partial charge in [0.05, 0.1) is 6.61 Å². The summed E-state index contributed by atoms with van der Waals surface area (Å²) in [6.07, 6.45) is -3.09. The highest BCUT2D eigenvalue weighted by Crippen LogP contribution is 2.15. The van der Waals surface area contributed by atoms with E-state index in [2.05, 4.69) is 4.74 Å². The van der Waals surface area contributed by atoms with Gasteiger partial charge in [0.25, 0.3) is 0 Å². The number of ether oxygens (including phenoxy) is 1. The summed E-state index contributed by atoms with van der Waals surface area (Å²) in [4.78, 5) is 0. The van der Waals surface area contributed by atoms with Crippen LogP contribution < -0.4 is 0 Å². The molecule has 0 rings (SSSR count). The normalized spacial score (nSPS) is 12.8. The lowest BCUT2D eigenvalue weighted by molar-refractivity contribution is -0.0803. The molecule has 0 saturated heterocycles. The van der Waals surface area contributed by atoms with Crippen LogP contribution in [0.3, 0.4) is 0 Å². The van der Waals surface area contributed by atoms with E-state index >= 15 is 0 Å². The van der Waals surface area contributed by atoms with Gasteiger partial charge in [-0.1, -0.05) is 6.08 Å². The minimum Gasteiger partial charge on any atom is -0.378 e. The predicted octanol–water partition coefficient (Wildman–Crippen LogP) is 2.14. The highest BCUT2D eigenvalue weighted by molar-refractivity contribution is 4.88. The van der Waals surface area contributed by atoms with Gasteiger partial charge in [0.2, 0.25) is 0 Å². The third-order valence-corrected chi connectivity index (χ3v) is 0.725. The number of hydrogen-bond acceptors (Lipinski definition) is 1. The Bertz CT molecular complexity index is 106. The summed E-state index contributed by atoms with van der Waals surface area (Å²) in [5, 5.41) is 0. The van der Waals surface area contributed by atoms with E-state index in [0.717, 1.165) is 6.08 Å². The zero-order valence-corrected chi connectivity index (χ0v) is 5.61. The fourth-order valence-electron chi connectivity index (χ4n) is 0.368. The Balaban J connectivity index is 3.37. The molecule has 0 aliphatic carbocycles. The number of rotatable bonds is 3. The SMILES string of the molecule is CCOCC=CC(F)(F)F. The third-order valence-electron chi connectivity index (χ3n) is 0.725. The molecule has 0 saturated carbocycles. The lowest BCUT2D eigenvalue weighted by Crippen LogP contribution is -2.01. The molecular weight excluding hydrogens is 145 g/mol. The van der Waals surface area contributed by atoms with Crippen LogP contribution in [0.15, 0.2) is 12.2 Å². The summed E-state index contributed by atoms with van der Waals surface area (Å²) in [6, 6.07) is 0. The first kappa shape index (κ1) is 9.49. The molecular formula is C6H9F3O. The zero-order valence-electron chi connectivity index (χ0n) is 5.61. The summed E-state index contributed by atoms with van der Waals surface area (Å²) in [6.45, 7) is 2.18. The van der Waals surface area contributed by atoms with Gasteiger partial charge in [-0.05, 0) is 6.92 Å². The van der Waals surface area contributed by atoms with Crippen LogP contribution in [-0.4, -0.2) is 19.4 Å². The maximum Gasteiger partial charge on any atom is 0.409 e. The monoisotopic (exact) mass is 154 g/mol. The zero-order chi connectivity index (χ0) is 8.04. The lowest BCUT2D eigenvalue weighted by Gasteiger charge is -1.97. The van der Waals surface area contributed by atoms with Crippen LogP contribution in [0.25, 0.3) is 0 Å². The molecule has 0 aliphatic heterocycles. The van der Waals surface area contributed by atoms with Gasteiger partial charge < -0.3 is 4.74 Å². The molecule has 4 heteroatoms. The Morgan fingerprint density at radius 1 is 1.40 bits per heavy atom. The topological polar surface area (TPSA) is 9.23 Å². The van der Waals surface area contributed by atoms with Gasteiger partial charge in [0.1, 0.15) is 0 Å². The fraction of sp³-hybridized carbons (Fsp3) is 0.667. The fourth-order valence-corrected chi connectivity index (χ4v) is 0.368. The van der Waals surface area contributed by atoms with E-state index in [1.807, 2.05) is 0 Å². The maximum absolute atomic E-state index is 11.3. The predicted molar refractivity (Wildman–Crippen MR) is 31.7 cm³/mol. The van der Waals surface area contributed by atoms with Crippen molar-refractivity contribution >= 4 is 0 Å². The summed E-state index contributed by atoms with van der Waals surface area (Å²) < 4.78 is 38.7. The summed E-state index contributed by atoms with van der Waals surface area (Å²) in [5.41, 5.74) is 0. The van der Waals surface area contributed by atoms with Crippen molar-refractivity contribution in [3.8, 4) is 0 Å². The Hall–Kier alpha value is -0.510. The molecule has 0 aliphatic rings. The first-order valence-electron chi connectivity index (χ1n) is 2.88. The molecule has 60 valence electrons. The molecule has 0 spiro atoms. The number of allylic oxidation sites excluding steroid dienone is 1. The summed E-state index contributed by atoms with van der Waals surface area (Å²) >= 11 is 0. The molecule has 0 aromatic rings. The number of halogens is 3. The van der Waals surface area contributed by atoms with Crippen molar-refractivity contribution in [3.63, 3.8) is 0 Å². The van der Waals surface area contributed by atoms with Crippen molar-refractivity contribution in [2.45, 2.75) is 13.1 Å². The van der Waals surface area contributed by atoms with E-state index in [1.54, 1.807) is 6.92 Å². The summed E-state index contributed by atoms with van der Waals surface area (Å²) in [5.74, 6) is 0. The molecule has 0 aromatic carbocycles. The number of hydrogen-bond donors (Lipinski definition) is 0. The second kappa shape index (κ2) is 4.33. The van der Waals surface area contributed by atoms with Crippen molar-refractivity contribution < 1.29 is 17.9 Å². The first-order valence-corrected chi connectivity index (χ1v) is 2.88. The Morgan fingerprint density at radius 3 is 2.40 bits per heavy atom. The Morgan fingerprint density at radius 2 is 2.00 bits per heavy atom. The quantitative estimate of drug-likeness (QED) is 0.447. The van der Waals surface area contributed by atoms with Crippen molar-refractivity contribution in [2.24, 2.45) is 0 Å².